The molecule has 0 bridgehead atoms. The first-order valence-corrected chi connectivity index (χ1v) is 8.91. The highest BCUT2D eigenvalue weighted by Gasteiger charge is 2.27. The molecule has 0 radical (unpaired) electrons. The Labute approximate surface area is 148 Å². The summed E-state index contributed by atoms with van der Waals surface area (Å²) in [5, 5.41) is 2.89. The molecule has 0 saturated carbocycles. The van der Waals surface area contributed by atoms with Crippen molar-refractivity contribution in [3.8, 4) is 5.75 Å². The lowest BCUT2D eigenvalue weighted by Gasteiger charge is -2.38. The minimum atomic E-state index is -0.129. The second-order valence-corrected chi connectivity index (χ2v) is 6.46. The van der Waals surface area contributed by atoms with Crippen molar-refractivity contribution in [1.29, 1.82) is 0 Å². The maximum atomic E-state index is 12.5. The molecule has 1 aromatic rings. The summed E-state index contributed by atoms with van der Waals surface area (Å²) in [7, 11) is 1.61. The number of rotatable bonds is 2. The van der Waals surface area contributed by atoms with Crippen molar-refractivity contribution in [2.45, 2.75) is 19.3 Å². The molecule has 2 aliphatic rings. The summed E-state index contributed by atoms with van der Waals surface area (Å²) in [6.07, 6.45) is 3.40. The summed E-state index contributed by atoms with van der Waals surface area (Å²) in [5.41, 5.74) is 0.734. The first-order chi connectivity index (χ1) is 12.2. The lowest BCUT2D eigenvalue weighted by atomic mass is 10.1. The van der Waals surface area contributed by atoms with Crippen LogP contribution in [0.15, 0.2) is 24.3 Å². The van der Waals surface area contributed by atoms with E-state index in [-0.39, 0.29) is 12.1 Å². The van der Waals surface area contributed by atoms with Gasteiger partial charge in [0.25, 0.3) is 0 Å². The molecule has 2 heterocycles. The van der Waals surface area contributed by atoms with E-state index in [1.54, 1.807) is 12.0 Å². The Bertz CT molecular complexity index is 591. The Balaban J connectivity index is 1.47. The zero-order valence-corrected chi connectivity index (χ0v) is 14.7. The summed E-state index contributed by atoms with van der Waals surface area (Å²) in [6.45, 7) is 4.01. The molecular formula is C18H26N4O3. The quantitative estimate of drug-likeness (QED) is 0.894. The third-order valence-electron chi connectivity index (χ3n) is 4.81. The maximum absolute atomic E-state index is 12.5. The van der Waals surface area contributed by atoms with Gasteiger partial charge in [0, 0.05) is 45.0 Å². The van der Waals surface area contributed by atoms with Crippen LogP contribution < -0.4 is 10.1 Å². The van der Waals surface area contributed by atoms with Crippen LogP contribution in [0.2, 0.25) is 0 Å². The topological polar surface area (TPSA) is 65.1 Å². The highest BCUT2D eigenvalue weighted by Crippen LogP contribution is 2.16. The summed E-state index contributed by atoms with van der Waals surface area (Å²) in [4.78, 5) is 30.4. The van der Waals surface area contributed by atoms with Crippen molar-refractivity contribution in [3.05, 3.63) is 24.3 Å². The molecule has 1 aromatic carbocycles. The second-order valence-electron chi connectivity index (χ2n) is 6.46. The van der Waals surface area contributed by atoms with Gasteiger partial charge in [0.05, 0.1) is 7.11 Å². The van der Waals surface area contributed by atoms with Gasteiger partial charge in [-0.05, 0) is 43.5 Å². The van der Waals surface area contributed by atoms with Crippen LogP contribution >= 0.6 is 0 Å². The van der Waals surface area contributed by atoms with Crippen molar-refractivity contribution >= 4 is 17.7 Å². The second kappa shape index (κ2) is 8.09. The van der Waals surface area contributed by atoms with Crippen molar-refractivity contribution in [1.82, 2.24) is 14.7 Å². The number of benzene rings is 1. The van der Waals surface area contributed by atoms with Gasteiger partial charge >= 0.3 is 12.1 Å². The van der Waals surface area contributed by atoms with E-state index in [0.717, 1.165) is 37.4 Å². The fraction of sp³-hybridized carbons (Fsp3) is 0.556. The maximum Gasteiger partial charge on any atom is 0.321 e. The number of piperazine rings is 1. The highest BCUT2D eigenvalue weighted by atomic mass is 16.5. The van der Waals surface area contributed by atoms with Gasteiger partial charge in [-0.25, -0.2) is 9.59 Å². The van der Waals surface area contributed by atoms with Crippen molar-refractivity contribution in [2.75, 3.05) is 51.7 Å². The highest BCUT2D eigenvalue weighted by molar-refractivity contribution is 5.89. The van der Waals surface area contributed by atoms with E-state index in [2.05, 4.69) is 5.32 Å². The van der Waals surface area contributed by atoms with Crippen LogP contribution in [-0.2, 0) is 0 Å². The molecule has 2 fully saturated rings. The average Bonchev–Trinajstić information content (AvgIpc) is 2.69. The van der Waals surface area contributed by atoms with Crippen LogP contribution in [0.25, 0.3) is 0 Å². The molecular weight excluding hydrogens is 320 g/mol. The van der Waals surface area contributed by atoms with Gasteiger partial charge in [0.2, 0.25) is 0 Å². The monoisotopic (exact) mass is 346 g/mol. The lowest BCUT2D eigenvalue weighted by Crippen LogP contribution is -2.55. The Morgan fingerprint density at radius 2 is 1.40 bits per heavy atom. The minimum Gasteiger partial charge on any atom is -0.497 e. The molecule has 0 atom stereocenters. The largest absolute Gasteiger partial charge is 0.497 e. The minimum absolute atomic E-state index is 0.120. The normalized spacial score (nSPS) is 18.0. The third kappa shape index (κ3) is 4.35. The molecule has 25 heavy (non-hydrogen) atoms. The molecule has 1 N–H and O–H groups in total. The molecule has 2 aliphatic heterocycles. The van der Waals surface area contributed by atoms with Gasteiger partial charge in [-0.1, -0.05) is 0 Å². The van der Waals surface area contributed by atoms with Crippen LogP contribution in [-0.4, -0.2) is 73.1 Å². The number of methoxy groups -OCH3 is 1. The summed E-state index contributed by atoms with van der Waals surface area (Å²) < 4.78 is 5.11. The van der Waals surface area contributed by atoms with E-state index in [1.165, 1.54) is 6.42 Å². The number of urea groups is 2. The van der Waals surface area contributed by atoms with Crippen molar-refractivity contribution < 1.29 is 14.3 Å². The number of piperidine rings is 1. The Morgan fingerprint density at radius 3 is 2.00 bits per heavy atom. The van der Waals surface area contributed by atoms with E-state index in [9.17, 15) is 9.59 Å². The molecule has 0 aromatic heterocycles. The number of hydrogen-bond acceptors (Lipinski definition) is 3. The molecule has 4 amide bonds. The lowest BCUT2D eigenvalue weighted by molar-refractivity contribution is 0.116. The number of likely N-dealkylation sites (tertiary alicyclic amines) is 1. The first-order valence-electron chi connectivity index (χ1n) is 8.91. The predicted molar refractivity (Wildman–Crippen MR) is 96.0 cm³/mol. The fourth-order valence-electron chi connectivity index (χ4n) is 3.26. The summed E-state index contributed by atoms with van der Waals surface area (Å²) in [6, 6.07) is 7.24. The number of carbonyl (C=O) groups excluding carboxylic acids is 2. The molecule has 0 spiro atoms. The molecule has 7 heteroatoms. The number of nitrogens with zero attached hydrogens (tertiary/aromatic N) is 3. The Morgan fingerprint density at radius 1 is 0.840 bits per heavy atom. The van der Waals surface area contributed by atoms with Crippen LogP contribution in [0, 0.1) is 0 Å². The molecule has 0 unspecified atom stereocenters. The Kier molecular flexibility index (Phi) is 5.63. The van der Waals surface area contributed by atoms with Crippen LogP contribution in [0.3, 0.4) is 0 Å². The smallest absolute Gasteiger partial charge is 0.321 e. The van der Waals surface area contributed by atoms with Crippen LogP contribution in [0.1, 0.15) is 19.3 Å². The van der Waals surface area contributed by atoms with E-state index in [0.29, 0.717) is 26.2 Å². The molecule has 136 valence electrons. The zero-order chi connectivity index (χ0) is 17.6. The molecule has 2 saturated heterocycles. The van der Waals surface area contributed by atoms with E-state index < -0.39 is 0 Å². The summed E-state index contributed by atoms with van der Waals surface area (Å²) >= 11 is 0. The SMILES string of the molecule is COc1ccc(NC(=O)N2CCN(C(=O)N3CCCCC3)CC2)cc1. The summed E-state index contributed by atoms with van der Waals surface area (Å²) in [5.74, 6) is 0.753. The molecule has 3 rings (SSSR count). The van der Waals surface area contributed by atoms with E-state index in [4.69, 9.17) is 4.74 Å². The Hall–Kier alpha value is -2.44. The fourth-order valence-corrected chi connectivity index (χ4v) is 3.26. The van der Waals surface area contributed by atoms with Gasteiger partial charge in [-0.2, -0.15) is 0 Å². The number of carbonyl (C=O) groups is 2. The van der Waals surface area contributed by atoms with Crippen molar-refractivity contribution in [2.24, 2.45) is 0 Å². The average molecular weight is 346 g/mol. The number of anilines is 1. The number of hydrogen-bond donors (Lipinski definition) is 1. The van der Waals surface area contributed by atoms with E-state index >= 15 is 0 Å². The number of nitrogens with one attached hydrogen (secondary N) is 1. The standard InChI is InChI=1S/C18H26N4O3/c1-25-16-7-5-15(6-8-16)19-17(23)20-11-13-22(14-12-20)18(24)21-9-3-2-4-10-21/h5-8H,2-4,9-14H2,1H3,(H,19,23). The van der Waals surface area contributed by atoms with Crippen molar-refractivity contribution in [3.63, 3.8) is 0 Å². The zero-order valence-electron chi connectivity index (χ0n) is 14.7. The van der Waals surface area contributed by atoms with E-state index in [1.807, 2.05) is 34.1 Å². The van der Waals surface area contributed by atoms with Gasteiger partial charge < -0.3 is 24.8 Å². The van der Waals surface area contributed by atoms with Crippen LogP contribution in [0.5, 0.6) is 5.75 Å². The van der Waals surface area contributed by atoms with Gasteiger partial charge in [-0.15, -0.1) is 0 Å². The molecule has 0 aliphatic carbocycles. The van der Waals surface area contributed by atoms with Gasteiger partial charge in [0.15, 0.2) is 0 Å². The first kappa shape index (κ1) is 17.4. The predicted octanol–water partition coefficient (Wildman–Crippen LogP) is 2.45. The third-order valence-corrected chi connectivity index (χ3v) is 4.81. The van der Waals surface area contributed by atoms with Crippen LogP contribution in [0.4, 0.5) is 15.3 Å². The van der Waals surface area contributed by atoms with Gasteiger partial charge in [0.1, 0.15) is 5.75 Å². The molecule has 7 nitrogen and oxygen atoms in total. The number of ether oxygens (including phenoxy) is 1. The van der Waals surface area contributed by atoms with Gasteiger partial charge in [-0.3, -0.25) is 0 Å². The number of amides is 4.